The van der Waals surface area contributed by atoms with E-state index in [-0.39, 0.29) is 28.8 Å². The highest BCUT2D eigenvalue weighted by Crippen LogP contribution is 2.34. The largest absolute Gasteiger partial charge is 0.462 e. The predicted octanol–water partition coefficient (Wildman–Crippen LogP) is 4.28. The number of hydrogen-bond donors (Lipinski definition) is 1. The molecule has 0 aliphatic carbocycles. The van der Waals surface area contributed by atoms with E-state index in [4.69, 9.17) is 4.74 Å². The number of amides is 2. The third kappa shape index (κ3) is 5.79. The van der Waals surface area contributed by atoms with Crippen LogP contribution in [0.15, 0.2) is 30.3 Å². The monoisotopic (exact) mass is 459 g/mol. The van der Waals surface area contributed by atoms with Gasteiger partial charge in [0.2, 0.25) is 5.91 Å². The van der Waals surface area contributed by atoms with Crippen molar-refractivity contribution in [2.75, 3.05) is 25.0 Å². The number of non-ortho nitro benzene ring substituents is 1. The van der Waals surface area contributed by atoms with E-state index in [1.165, 1.54) is 30.4 Å². The average molecular weight is 460 g/mol. The minimum Gasteiger partial charge on any atom is -0.462 e. The van der Waals surface area contributed by atoms with E-state index in [9.17, 15) is 24.5 Å². The van der Waals surface area contributed by atoms with Crippen molar-refractivity contribution in [3.05, 3.63) is 62.0 Å². The minimum absolute atomic E-state index is 0.0920. The fourth-order valence-corrected chi connectivity index (χ4v) is 4.14. The van der Waals surface area contributed by atoms with Crippen molar-refractivity contribution in [1.29, 1.82) is 0 Å². The molecular weight excluding hydrogens is 434 g/mol. The number of carbonyl (C=O) groups is 3. The predicted molar refractivity (Wildman–Crippen MR) is 123 cm³/mol. The van der Waals surface area contributed by atoms with Gasteiger partial charge in [-0.05, 0) is 44.9 Å². The van der Waals surface area contributed by atoms with Crippen LogP contribution in [0.25, 0.3) is 6.08 Å². The second-order valence-electron chi connectivity index (χ2n) is 6.63. The molecule has 170 valence electrons. The Bertz CT molecular complexity index is 1060. The molecule has 0 aliphatic rings. The molecule has 10 heteroatoms. The second-order valence-corrected chi connectivity index (χ2v) is 7.65. The summed E-state index contributed by atoms with van der Waals surface area (Å²) < 4.78 is 5.11. The summed E-state index contributed by atoms with van der Waals surface area (Å²) in [5.41, 5.74) is 0.970. The third-order valence-corrected chi connectivity index (χ3v) is 5.81. The molecule has 0 atom stereocenters. The molecule has 9 nitrogen and oxygen atoms in total. The summed E-state index contributed by atoms with van der Waals surface area (Å²) in [6, 6.07) is 5.83. The molecule has 0 radical (unpaired) electrons. The lowest BCUT2D eigenvalue weighted by Crippen LogP contribution is -2.30. The van der Waals surface area contributed by atoms with Gasteiger partial charge in [-0.1, -0.05) is 12.1 Å². The molecule has 1 aromatic carbocycles. The first-order chi connectivity index (χ1) is 15.2. The van der Waals surface area contributed by atoms with Crippen LogP contribution in [0.4, 0.5) is 10.7 Å². The Balaban J connectivity index is 2.34. The highest BCUT2D eigenvalue weighted by Gasteiger charge is 2.28. The molecule has 2 rings (SSSR count). The Morgan fingerprint density at radius 1 is 1.22 bits per heavy atom. The fraction of sp³-hybridized carbons (Fsp3) is 0.318. The first-order valence-electron chi connectivity index (χ1n) is 10.1. The Morgan fingerprint density at radius 2 is 1.91 bits per heavy atom. The summed E-state index contributed by atoms with van der Waals surface area (Å²) in [4.78, 5) is 50.2. The number of anilines is 1. The number of esters is 1. The highest BCUT2D eigenvalue weighted by atomic mass is 32.1. The number of carbonyl (C=O) groups excluding carboxylic acids is 3. The number of hydrogen-bond acceptors (Lipinski definition) is 7. The number of nitro groups is 1. The van der Waals surface area contributed by atoms with E-state index < -0.39 is 16.8 Å². The second kappa shape index (κ2) is 11.2. The van der Waals surface area contributed by atoms with Crippen LogP contribution in [-0.4, -0.2) is 47.3 Å². The Morgan fingerprint density at radius 3 is 2.50 bits per heavy atom. The van der Waals surface area contributed by atoms with Gasteiger partial charge in [0.15, 0.2) is 0 Å². The van der Waals surface area contributed by atoms with Crippen LogP contribution in [0.5, 0.6) is 0 Å². The lowest BCUT2D eigenvalue weighted by molar-refractivity contribution is -0.384. The molecule has 0 fully saturated rings. The molecule has 0 spiro atoms. The van der Waals surface area contributed by atoms with Crippen molar-refractivity contribution in [1.82, 2.24) is 4.90 Å². The van der Waals surface area contributed by atoms with Gasteiger partial charge in [-0.25, -0.2) is 4.79 Å². The number of nitrogens with zero attached hydrogens (tertiary/aromatic N) is 2. The van der Waals surface area contributed by atoms with Gasteiger partial charge in [0, 0.05) is 31.3 Å². The van der Waals surface area contributed by atoms with Crippen LogP contribution in [0.3, 0.4) is 0 Å². The standard InChI is InChI=1S/C22H25N3O6S/c1-5-24(6-2)21(27)19-14(4)18(22(28)31-7-3)20(32-19)23-17(26)12-11-15-9-8-10-16(13-15)25(29)30/h8-13H,5-7H2,1-4H3,(H,23,26). The number of nitro benzene ring substituents is 1. The van der Waals surface area contributed by atoms with Crippen molar-refractivity contribution in [2.45, 2.75) is 27.7 Å². The maximum atomic E-state index is 12.9. The van der Waals surface area contributed by atoms with Gasteiger partial charge < -0.3 is 15.0 Å². The van der Waals surface area contributed by atoms with E-state index >= 15 is 0 Å². The molecule has 0 bridgehead atoms. The first-order valence-corrected chi connectivity index (χ1v) is 10.9. The minimum atomic E-state index is -0.627. The average Bonchev–Trinajstić information content (AvgIpc) is 3.09. The molecule has 1 N–H and O–H groups in total. The summed E-state index contributed by atoms with van der Waals surface area (Å²) in [6.45, 7) is 8.20. The lowest BCUT2D eigenvalue weighted by Gasteiger charge is -2.18. The zero-order chi connectivity index (χ0) is 23.8. The molecule has 0 unspecified atom stereocenters. The van der Waals surface area contributed by atoms with Crippen LogP contribution in [0, 0.1) is 17.0 Å². The molecule has 0 aliphatic heterocycles. The summed E-state index contributed by atoms with van der Waals surface area (Å²) in [5, 5.41) is 13.7. The maximum Gasteiger partial charge on any atom is 0.341 e. The smallest absolute Gasteiger partial charge is 0.341 e. The maximum absolute atomic E-state index is 12.9. The molecule has 1 heterocycles. The molecule has 32 heavy (non-hydrogen) atoms. The Hall–Kier alpha value is -3.53. The lowest BCUT2D eigenvalue weighted by atomic mass is 10.1. The fourth-order valence-electron chi connectivity index (χ4n) is 2.98. The summed E-state index contributed by atoms with van der Waals surface area (Å²) in [5.74, 6) is -1.40. The topological polar surface area (TPSA) is 119 Å². The molecule has 2 amide bonds. The Labute approximate surface area is 189 Å². The first kappa shape index (κ1) is 24.7. The Kier molecular flexibility index (Phi) is 8.65. The quantitative estimate of drug-likeness (QED) is 0.259. The van der Waals surface area contributed by atoms with E-state index in [0.717, 1.165) is 11.3 Å². The van der Waals surface area contributed by atoms with Gasteiger partial charge >= 0.3 is 5.97 Å². The van der Waals surface area contributed by atoms with Crippen LogP contribution in [-0.2, 0) is 9.53 Å². The van der Waals surface area contributed by atoms with Crippen LogP contribution in [0.1, 0.15) is 51.9 Å². The number of nitrogens with one attached hydrogen (secondary N) is 1. The van der Waals surface area contributed by atoms with Gasteiger partial charge in [-0.2, -0.15) is 0 Å². The van der Waals surface area contributed by atoms with Gasteiger partial charge in [-0.3, -0.25) is 19.7 Å². The molecule has 0 saturated carbocycles. The number of benzene rings is 1. The number of ether oxygens (including phenoxy) is 1. The van der Waals surface area contributed by atoms with E-state index in [2.05, 4.69) is 5.32 Å². The highest BCUT2D eigenvalue weighted by molar-refractivity contribution is 7.18. The van der Waals surface area contributed by atoms with Gasteiger partial charge in [-0.15, -0.1) is 11.3 Å². The van der Waals surface area contributed by atoms with Crippen molar-refractivity contribution in [3.8, 4) is 0 Å². The molecule has 0 saturated heterocycles. The van der Waals surface area contributed by atoms with Gasteiger partial charge in [0.05, 0.1) is 22.0 Å². The molecule has 2 aromatic rings. The normalized spacial score (nSPS) is 10.8. The van der Waals surface area contributed by atoms with Crippen molar-refractivity contribution >= 4 is 45.9 Å². The van der Waals surface area contributed by atoms with Crippen LogP contribution in [0.2, 0.25) is 0 Å². The SMILES string of the molecule is CCOC(=O)c1c(NC(=O)C=Cc2cccc([N+](=O)[O-])c2)sc(C(=O)N(CC)CC)c1C. The van der Waals surface area contributed by atoms with E-state index in [1.807, 2.05) is 13.8 Å². The van der Waals surface area contributed by atoms with E-state index in [0.29, 0.717) is 29.1 Å². The third-order valence-electron chi connectivity index (χ3n) is 4.62. The number of rotatable bonds is 9. The molecule has 1 aromatic heterocycles. The van der Waals surface area contributed by atoms with Gasteiger partial charge in [0.25, 0.3) is 11.6 Å². The van der Waals surface area contributed by atoms with Crippen molar-refractivity contribution in [3.63, 3.8) is 0 Å². The summed E-state index contributed by atoms with van der Waals surface area (Å²) in [7, 11) is 0. The van der Waals surface area contributed by atoms with Crippen LogP contribution < -0.4 is 5.32 Å². The van der Waals surface area contributed by atoms with Crippen LogP contribution >= 0.6 is 11.3 Å². The number of thiophene rings is 1. The molecular formula is C22H25N3O6S. The van der Waals surface area contributed by atoms with Crippen molar-refractivity contribution in [2.24, 2.45) is 0 Å². The van der Waals surface area contributed by atoms with E-state index in [1.54, 1.807) is 24.8 Å². The zero-order valence-corrected chi connectivity index (χ0v) is 19.2. The summed E-state index contributed by atoms with van der Waals surface area (Å²) in [6.07, 6.45) is 2.63. The summed E-state index contributed by atoms with van der Waals surface area (Å²) >= 11 is 1.02. The zero-order valence-electron chi connectivity index (χ0n) is 18.3. The van der Waals surface area contributed by atoms with Gasteiger partial charge in [0.1, 0.15) is 5.00 Å². The van der Waals surface area contributed by atoms with Crippen molar-refractivity contribution < 1.29 is 24.0 Å².